The molecule has 1 aromatic rings. The van der Waals surface area contributed by atoms with Gasteiger partial charge in [0.2, 0.25) is 0 Å². The summed E-state index contributed by atoms with van der Waals surface area (Å²) in [5.74, 6) is 0.731. The van der Waals surface area contributed by atoms with E-state index in [9.17, 15) is 4.79 Å². The van der Waals surface area contributed by atoms with Crippen LogP contribution in [-0.2, 0) is 4.79 Å². The number of ether oxygens (including phenoxy) is 1. The second-order valence-corrected chi connectivity index (χ2v) is 4.19. The van der Waals surface area contributed by atoms with Crippen molar-refractivity contribution in [1.29, 1.82) is 0 Å². The zero-order chi connectivity index (χ0) is 12.7. The van der Waals surface area contributed by atoms with Gasteiger partial charge in [-0.15, -0.1) is 0 Å². The molecule has 0 fully saturated rings. The summed E-state index contributed by atoms with van der Waals surface area (Å²) in [6.45, 7) is 6.95. The first-order chi connectivity index (χ1) is 8.15. The molecule has 1 rings (SSSR count). The maximum absolute atomic E-state index is 11.5. The van der Waals surface area contributed by atoms with Crippen LogP contribution in [0.3, 0.4) is 0 Å². The summed E-state index contributed by atoms with van der Waals surface area (Å²) >= 11 is 0. The van der Waals surface area contributed by atoms with E-state index < -0.39 is 0 Å². The van der Waals surface area contributed by atoms with Crippen LogP contribution in [0.1, 0.15) is 30.9 Å². The van der Waals surface area contributed by atoms with E-state index in [0.29, 0.717) is 0 Å². The minimum Gasteiger partial charge on any atom is -0.483 e. The topological polar surface area (TPSA) is 38.3 Å². The van der Waals surface area contributed by atoms with Crippen LogP contribution in [0.15, 0.2) is 18.2 Å². The Kier molecular flexibility index (Phi) is 5.53. The summed E-state index contributed by atoms with van der Waals surface area (Å²) in [6, 6.07) is 5.86. The molecule has 0 aliphatic carbocycles. The Balaban J connectivity index is 2.39. The number of nitrogens with one attached hydrogen (secondary N) is 1. The molecule has 0 unspecified atom stereocenters. The van der Waals surface area contributed by atoms with Crippen LogP contribution in [0.25, 0.3) is 0 Å². The molecule has 0 saturated carbocycles. The van der Waals surface area contributed by atoms with Crippen LogP contribution in [0.2, 0.25) is 0 Å². The second-order valence-electron chi connectivity index (χ2n) is 4.19. The van der Waals surface area contributed by atoms with Crippen molar-refractivity contribution >= 4 is 5.91 Å². The van der Waals surface area contributed by atoms with E-state index in [4.69, 9.17) is 4.74 Å². The molecule has 1 aromatic carbocycles. The number of aryl methyl sites for hydroxylation is 1. The fourth-order valence-electron chi connectivity index (χ4n) is 1.48. The lowest BCUT2D eigenvalue weighted by molar-refractivity contribution is -0.123. The van der Waals surface area contributed by atoms with Gasteiger partial charge in [0.25, 0.3) is 5.91 Å². The number of amides is 1. The van der Waals surface area contributed by atoms with Gasteiger partial charge < -0.3 is 10.1 Å². The van der Waals surface area contributed by atoms with E-state index >= 15 is 0 Å². The zero-order valence-electron chi connectivity index (χ0n) is 10.9. The van der Waals surface area contributed by atoms with Crippen LogP contribution in [0, 0.1) is 13.8 Å². The van der Waals surface area contributed by atoms with Gasteiger partial charge in [-0.3, -0.25) is 4.79 Å². The number of hydrogen-bond donors (Lipinski definition) is 1. The van der Waals surface area contributed by atoms with Crippen molar-refractivity contribution in [3.05, 3.63) is 29.3 Å². The molecule has 0 bridgehead atoms. The Morgan fingerprint density at radius 3 is 2.82 bits per heavy atom. The van der Waals surface area contributed by atoms with Crippen molar-refractivity contribution in [2.45, 2.75) is 33.6 Å². The number of hydrogen-bond acceptors (Lipinski definition) is 2. The SMILES string of the molecule is CCCCNC(=O)COc1cccc(C)c1C. The van der Waals surface area contributed by atoms with Crippen molar-refractivity contribution in [2.24, 2.45) is 0 Å². The van der Waals surface area contributed by atoms with Gasteiger partial charge in [-0.1, -0.05) is 25.5 Å². The van der Waals surface area contributed by atoms with Crippen molar-refractivity contribution in [3.8, 4) is 5.75 Å². The van der Waals surface area contributed by atoms with E-state index in [1.165, 1.54) is 5.56 Å². The Morgan fingerprint density at radius 2 is 2.12 bits per heavy atom. The van der Waals surface area contributed by atoms with E-state index in [0.717, 1.165) is 30.7 Å². The molecule has 1 N–H and O–H groups in total. The highest BCUT2D eigenvalue weighted by molar-refractivity contribution is 5.77. The van der Waals surface area contributed by atoms with Crippen LogP contribution >= 0.6 is 0 Å². The van der Waals surface area contributed by atoms with E-state index in [1.54, 1.807) is 0 Å². The third-order valence-corrected chi connectivity index (χ3v) is 2.77. The summed E-state index contributed by atoms with van der Waals surface area (Å²) in [7, 11) is 0. The van der Waals surface area contributed by atoms with Crippen LogP contribution in [0.4, 0.5) is 0 Å². The molecule has 0 aliphatic rings. The maximum Gasteiger partial charge on any atom is 0.257 e. The number of benzene rings is 1. The highest BCUT2D eigenvalue weighted by Crippen LogP contribution is 2.20. The molecule has 0 spiro atoms. The van der Waals surface area contributed by atoms with Gasteiger partial charge >= 0.3 is 0 Å². The first kappa shape index (κ1) is 13.6. The molecule has 0 aliphatic heterocycles. The van der Waals surface area contributed by atoms with Crippen LogP contribution < -0.4 is 10.1 Å². The van der Waals surface area contributed by atoms with Gasteiger partial charge in [-0.25, -0.2) is 0 Å². The highest BCUT2D eigenvalue weighted by Gasteiger charge is 2.05. The molecule has 94 valence electrons. The summed E-state index contributed by atoms with van der Waals surface area (Å²) in [5, 5.41) is 2.82. The minimum atomic E-state index is -0.0562. The van der Waals surface area contributed by atoms with E-state index in [1.807, 2.05) is 32.0 Å². The lowest BCUT2D eigenvalue weighted by Gasteiger charge is -2.10. The fourth-order valence-corrected chi connectivity index (χ4v) is 1.48. The smallest absolute Gasteiger partial charge is 0.257 e. The standard InChI is InChI=1S/C14H21NO2/c1-4-5-9-15-14(16)10-17-13-8-6-7-11(2)12(13)3/h6-8H,4-5,9-10H2,1-3H3,(H,15,16). The molecule has 3 heteroatoms. The Morgan fingerprint density at radius 1 is 1.35 bits per heavy atom. The molecule has 0 saturated heterocycles. The van der Waals surface area contributed by atoms with E-state index in [2.05, 4.69) is 12.2 Å². The predicted molar refractivity (Wildman–Crippen MR) is 69.3 cm³/mol. The molecule has 0 aromatic heterocycles. The largest absolute Gasteiger partial charge is 0.483 e. The molecule has 0 heterocycles. The lowest BCUT2D eigenvalue weighted by atomic mass is 10.1. The molecular formula is C14H21NO2. The fraction of sp³-hybridized carbons (Fsp3) is 0.500. The average Bonchev–Trinajstić information content (AvgIpc) is 2.31. The molecule has 3 nitrogen and oxygen atoms in total. The first-order valence-electron chi connectivity index (χ1n) is 6.11. The Bertz CT molecular complexity index is 374. The first-order valence-corrected chi connectivity index (χ1v) is 6.11. The number of rotatable bonds is 6. The quantitative estimate of drug-likeness (QED) is 0.770. The van der Waals surface area contributed by atoms with Crippen LogP contribution in [0.5, 0.6) is 5.75 Å². The monoisotopic (exact) mass is 235 g/mol. The van der Waals surface area contributed by atoms with Gasteiger partial charge in [0.15, 0.2) is 6.61 Å². The Hall–Kier alpha value is -1.51. The van der Waals surface area contributed by atoms with Gasteiger partial charge in [0.1, 0.15) is 5.75 Å². The van der Waals surface area contributed by atoms with Gasteiger partial charge in [-0.2, -0.15) is 0 Å². The molecule has 17 heavy (non-hydrogen) atoms. The summed E-state index contributed by atoms with van der Waals surface area (Å²) in [5.41, 5.74) is 2.27. The van der Waals surface area contributed by atoms with Gasteiger partial charge in [-0.05, 0) is 37.5 Å². The molecular weight excluding hydrogens is 214 g/mol. The third kappa shape index (κ3) is 4.47. The summed E-state index contributed by atoms with van der Waals surface area (Å²) in [6.07, 6.45) is 2.09. The molecule has 1 amide bonds. The van der Waals surface area contributed by atoms with Crippen molar-refractivity contribution in [2.75, 3.05) is 13.2 Å². The van der Waals surface area contributed by atoms with Gasteiger partial charge in [0, 0.05) is 6.54 Å². The van der Waals surface area contributed by atoms with Crippen molar-refractivity contribution in [1.82, 2.24) is 5.32 Å². The number of carbonyl (C=O) groups is 1. The number of carbonyl (C=O) groups excluding carboxylic acids is 1. The summed E-state index contributed by atoms with van der Waals surface area (Å²) in [4.78, 5) is 11.5. The highest BCUT2D eigenvalue weighted by atomic mass is 16.5. The van der Waals surface area contributed by atoms with Crippen LogP contribution in [-0.4, -0.2) is 19.1 Å². The average molecular weight is 235 g/mol. The van der Waals surface area contributed by atoms with Crippen molar-refractivity contribution in [3.63, 3.8) is 0 Å². The lowest BCUT2D eigenvalue weighted by Crippen LogP contribution is -2.29. The third-order valence-electron chi connectivity index (χ3n) is 2.77. The zero-order valence-corrected chi connectivity index (χ0v) is 10.9. The van der Waals surface area contributed by atoms with E-state index in [-0.39, 0.29) is 12.5 Å². The summed E-state index contributed by atoms with van der Waals surface area (Å²) < 4.78 is 5.50. The van der Waals surface area contributed by atoms with Gasteiger partial charge in [0.05, 0.1) is 0 Å². The normalized spacial score (nSPS) is 10.1. The van der Waals surface area contributed by atoms with Crippen molar-refractivity contribution < 1.29 is 9.53 Å². The maximum atomic E-state index is 11.5. The number of unbranched alkanes of at least 4 members (excludes halogenated alkanes) is 1. The Labute approximate surface area is 103 Å². The predicted octanol–water partition coefficient (Wildman–Crippen LogP) is 2.60. The minimum absolute atomic E-state index is 0.0562. The molecule has 0 atom stereocenters. The second kappa shape index (κ2) is 6.94. The molecule has 0 radical (unpaired) electrons.